The fraction of sp³-hybridized carbons (Fsp3) is 0.533. The lowest BCUT2D eigenvalue weighted by Crippen LogP contribution is -2.34. The molecule has 2 atom stereocenters. The molecule has 0 aliphatic rings. The molecule has 0 radical (unpaired) electrons. The average molecular weight is 249 g/mol. The van der Waals surface area contributed by atoms with Crippen LogP contribution in [0.1, 0.15) is 37.8 Å². The summed E-state index contributed by atoms with van der Waals surface area (Å²) in [7, 11) is 0. The van der Waals surface area contributed by atoms with E-state index in [-0.39, 0.29) is 18.1 Å². The first-order chi connectivity index (χ1) is 8.47. The number of hydrogen-bond donors (Lipinski definition) is 2. The van der Waals surface area contributed by atoms with Crippen LogP contribution in [0.3, 0.4) is 0 Å². The van der Waals surface area contributed by atoms with Crippen molar-refractivity contribution in [1.29, 1.82) is 0 Å². The van der Waals surface area contributed by atoms with Crippen LogP contribution in [0.2, 0.25) is 0 Å². The van der Waals surface area contributed by atoms with E-state index in [0.717, 1.165) is 6.42 Å². The number of hydrogen-bond acceptors (Lipinski definition) is 2. The van der Waals surface area contributed by atoms with E-state index in [0.29, 0.717) is 12.8 Å². The van der Waals surface area contributed by atoms with Crippen molar-refractivity contribution < 1.29 is 9.90 Å². The number of benzene rings is 1. The molecular weight excluding hydrogens is 226 g/mol. The summed E-state index contributed by atoms with van der Waals surface area (Å²) in [5.74, 6) is 0.0451. The Morgan fingerprint density at radius 2 is 1.89 bits per heavy atom. The molecule has 0 fully saturated rings. The maximum Gasteiger partial charge on any atom is 0.220 e. The summed E-state index contributed by atoms with van der Waals surface area (Å²) >= 11 is 0. The van der Waals surface area contributed by atoms with E-state index in [1.807, 2.05) is 13.8 Å². The molecule has 0 saturated carbocycles. The molecule has 2 unspecified atom stereocenters. The molecular formula is C15H23NO2. The number of carbonyl (C=O) groups is 1. The Labute approximate surface area is 109 Å². The van der Waals surface area contributed by atoms with Crippen molar-refractivity contribution in [3.8, 4) is 0 Å². The third kappa shape index (κ3) is 5.82. The second kappa shape index (κ2) is 7.17. The second-order valence-electron chi connectivity index (χ2n) is 5.04. The van der Waals surface area contributed by atoms with E-state index in [1.54, 1.807) is 6.92 Å². The molecule has 2 N–H and O–H groups in total. The van der Waals surface area contributed by atoms with Crippen LogP contribution in [0.5, 0.6) is 0 Å². The van der Waals surface area contributed by atoms with Gasteiger partial charge in [-0.3, -0.25) is 4.79 Å². The largest absolute Gasteiger partial charge is 0.393 e. The number of aryl methyl sites for hydroxylation is 2. The van der Waals surface area contributed by atoms with Gasteiger partial charge in [-0.05, 0) is 39.2 Å². The number of carbonyl (C=O) groups excluding carboxylic acids is 1. The van der Waals surface area contributed by atoms with Gasteiger partial charge < -0.3 is 10.4 Å². The minimum absolute atomic E-state index is 0.0236. The molecule has 18 heavy (non-hydrogen) atoms. The molecule has 3 heteroatoms. The zero-order valence-corrected chi connectivity index (χ0v) is 11.4. The maximum absolute atomic E-state index is 11.7. The van der Waals surface area contributed by atoms with E-state index in [2.05, 4.69) is 29.6 Å². The van der Waals surface area contributed by atoms with E-state index >= 15 is 0 Å². The fourth-order valence-corrected chi connectivity index (χ4v) is 1.93. The van der Waals surface area contributed by atoms with Gasteiger partial charge in [0.1, 0.15) is 0 Å². The minimum Gasteiger partial charge on any atom is -0.393 e. The third-order valence-corrected chi connectivity index (χ3v) is 2.86. The molecule has 1 amide bonds. The molecule has 0 aromatic heterocycles. The van der Waals surface area contributed by atoms with Crippen molar-refractivity contribution in [1.82, 2.24) is 5.32 Å². The topological polar surface area (TPSA) is 49.3 Å². The second-order valence-corrected chi connectivity index (χ2v) is 5.04. The van der Waals surface area contributed by atoms with Crippen LogP contribution in [0.15, 0.2) is 24.3 Å². The quantitative estimate of drug-likeness (QED) is 0.812. The summed E-state index contributed by atoms with van der Waals surface area (Å²) in [5.41, 5.74) is 2.41. The molecule has 0 heterocycles. The zero-order chi connectivity index (χ0) is 13.5. The molecule has 3 nitrogen and oxygen atoms in total. The number of nitrogens with one attached hydrogen (secondary N) is 1. The SMILES string of the molecule is Cc1ccc(CCC(=O)NC(C)CC(C)O)cc1. The van der Waals surface area contributed by atoms with Crippen molar-refractivity contribution in [2.24, 2.45) is 0 Å². The van der Waals surface area contributed by atoms with Crippen LogP contribution >= 0.6 is 0 Å². The number of aliphatic hydroxyl groups excluding tert-OH is 1. The van der Waals surface area contributed by atoms with Gasteiger partial charge in [-0.15, -0.1) is 0 Å². The Bertz CT molecular complexity index is 371. The highest BCUT2D eigenvalue weighted by Crippen LogP contribution is 2.06. The Kier molecular flexibility index (Phi) is 5.86. The highest BCUT2D eigenvalue weighted by molar-refractivity contribution is 5.76. The third-order valence-electron chi connectivity index (χ3n) is 2.86. The van der Waals surface area contributed by atoms with Gasteiger partial charge in [0.25, 0.3) is 0 Å². The van der Waals surface area contributed by atoms with Gasteiger partial charge in [-0.2, -0.15) is 0 Å². The van der Waals surface area contributed by atoms with Gasteiger partial charge in [0.2, 0.25) is 5.91 Å². The van der Waals surface area contributed by atoms with Crippen LogP contribution in [0.25, 0.3) is 0 Å². The van der Waals surface area contributed by atoms with E-state index < -0.39 is 0 Å². The summed E-state index contributed by atoms with van der Waals surface area (Å²) in [4.78, 5) is 11.7. The van der Waals surface area contributed by atoms with Gasteiger partial charge in [0.05, 0.1) is 6.10 Å². The lowest BCUT2D eigenvalue weighted by Gasteiger charge is -2.15. The van der Waals surface area contributed by atoms with Gasteiger partial charge in [0, 0.05) is 12.5 Å². The molecule has 0 aliphatic heterocycles. The normalized spacial score (nSPS) is 14.0. The van der Waals surface area contributed by atoms with Crippen LogP contribution in [-0.4, -0.2) is 23.2 Å². The van der Waals surface area contributed by atoms with Crippen LogP contribution in [-0.2, 0) is 11.2 Å². The van der Waals surface area contributed by atoms with E-state index in [4.69, 9.17) is 0 Å². The first-order valence-electron chi connectivity index (χ1n) is 6.50. The predicted molar refractivity (Wildman–Crippen MR) is 73.4 cm³/mol. The predicted octanol–water partition coefficient (Wildman–Crippen LogP) is 2.20. The summed E-state index contributed by atoms with van der Waals surface area (Å²) in [5, 5.41) is 12.1. The average Bonchev–Trinajstić information content (AvgIpc) is 2.27. The monoisotopic (exact) mass is 249 g/mol. The summed E-state index contributed by atoms with van der Waals surface area (Å²) in [6.45, 7) is 5.69. The molecule has 1 aromatic carbocycles. The van der Waals surface area contributed by atoms with E-state index in [1.165, 1.54) is 11.1 Å². The fourth-order valence-electron chi connectivity index (χ4n) is 1.93. The Balaban J connectivity index is 2.30. The molecule has 1 rings (SSSR count). The highest BCUT2D eigenvalue weighted by Gasteiger charge is 2.09. The highest BCUT2D eigenvalue weighted by atomic mass is 16.3. The van der Waals surface area contributed by atoms with Crippen LogP contribution < -0.4 is 5.32 Å². The number of amides is 1. The van der Waals surface area contributed by atoms with Crippen molar-refractivity contribution in [2.75, 3.05) is 0 Å². The molecule has 0 aliphatic carbocycles. The summed E-state index contributed by atoms with van der Waals surface area (Å²) in [6.07, 6.45) is 1.47. The molecule has 0 bridgehead atoms. The summed E-state index contributed by atoms with van der Waals surface area (Å²) < 4.78 is 0. The van der Waals surface area contributed by atoms with E-state index in [9.17, 15) is 9.90 Å². The van der Waals surface area contributed by atoms with Crippen molar-refractivity contribution >= 4 is 5.91 Å². The number of aliphatic hydroxyl groups is 1. The van der Waals surface area contributed by atoms with Gasteiger partial charge >= 0.3 is 0 Å². The van der Waals surface area contributed by atoms with Crippen LogP contribution in [0.4, 0.5) is 0 Å². The Hall–Kier alpha value is -1.35. The first kappa shape index (κ1) is 14.7. The van der Waals surface area contributed by atoms with Gasteiger partial charge in [-0.1, -0.05) is 29.8 Å². The maximum atomic E-state index is 11.7. The molecule has 1 aromatic rings. The minimum atomic E-state index is -0.377. The van der Waals surface area contributed by atoms with Crippen molar-refractivity contribution in [3.05, 3.63) is 35.4 Å². The lowest BCUT2D eigenvalue weighted by molar-refractivity contribution is -0.121. The van der Waals surface area contributed by atoms with Crippen LogP contribution in [0, 0.1) is 6.92 Å². The number of rotatable bonds is 6. The smallest absolute Gasteiger partial charge is 0.220 e. The molecule has 0 spiro atoms. The molecule has 0 saturated heterocycles. The van der Waals surface area contributed by atoms with Crippen molar-refractivity contribution in [3.63, 3.8) is 0 Å². The standard InChI is InChI=1S/C15H23NO2/c1-11-4-6-14(7-5-11)8-9-15(18)16-12(2)10-13(3)17/h4-7,12-13,17H,8-10H2,1-3H3,(H,16,18). The Morgan fingerprint density at radius 3 is 2.44 bits per heavy atom. The summed E-state index contributed by atoms with van der Waals surface area (Å²) in [6, 6.07) is 8.26. The van der Waals surface area contributed by atoms with Gasteiger partial charge in [0.15, 0.2) is 0 Å². The molecule has 100 valence electrons. The Morgan fingerprint density at radius 1 is 1.28 bits per heavy atom. The van der Waals surface area contributed by atoms with Gasteiger partial charge in [-0.25, -0.2) is 0 Å². The zero-order valence-electron chi connectivity index (χ0n) is 11.4. The first-order valence-corrected chi connectivity index (χ1v) is 6.50. The lowest BCUT2D eigenvalue weighted by atomic mass is 10.1. The van der Waals surface area contributed by atoms with Crippen molar-refractivity contribution in [2.45, 2.75) is 52.2 Å².